The molecule has 5 unspecified atom stereocenters. The third-order valence-electron chi connectivity index (χ3n) is 10.2. The molecule has 0 spiro atoms. The summed E-state index contributed by atoms with van der Waals surface area (Å²) in [6.07, 6.45) is 37.0. The molecule has 0 radical (unpaired) electrons. The van der Waals surface area contributed by atoms with Crippen LogP contribution in [-0.4, -0.2) is 22.2 Å². The van der Waals surface area contributed by atoms with Gasteiger partial charge in [0, 0.05) is 12.8 Å². The van der Waals surface area contributed by atoms with Crippen LogP contribution in [0, 0.1) is 29.6 Å². The van der Waals surface area contributed by atoms with Crippen LogP contribution in [0.1, 0.15) is 174 Å². The van der Waals surface area contributed by atoms with Crippen molar-refractivity contribution < 1.29 is 19.8 Å². The number of rotatable bonds is 26. The first kappa shape index (κ1) is 36.6. The summed E-state index contributed by atoms with van der Waals surface area (Å²) >= 11 is 0. The second-order valence-corrected chi connectivity index (χ2v) is 13.7. The number of hydrogen-bond donors (Lipinski definition) is 2. The molecule has 4 nitrogen and oxygen atoms in total. The fraction of sp³-hybridized carbons (Fsp3) is 0.842. The minimum atomic E-state index is -0.671. The van der Waals surface area contributed by atoms with Crippen molar-refractivity contribution in [2.45, 2.75) is 174 Å². The van der Waals surface area contributed by atoms with Crippen LogP contribution < -0.4 is 0 Å². The largest absolute Gasteiger partial charge is 0.481 e. The van der Waals surface area contributed by atoms with Crippen molar-refractivity contribution in [3.8, 4) is 0 Å². The molecule has 2 aliphatic rings. The van der Waals surface area contributed by atoms with E-state index in [1.54, 1.807) is 5.57 Å². The van der Waals surface area contributed by atoms with Crippen LogP contribution in [0.3, 0.4) is 0 Å². The van der Waals surface area contributed by atoms with E-state index < -0.39 is 11.9 Å². The van der Waals surface area contributed by atoms with Gasteiger partial charge in [-0.1, -0.05) is 134 Å². The first-order valence-electron chi connectivity index (χ1n) is 18.3. The number of carboxylic acid groups (broad SMARTS) is 2. The molecule has 0 fully saturated rings. The van der Waals surface area contributed by atoms with Gasteiger partial charge in [-0.3, -0.25) is 9.59 Å². The fourth-order valence-corrected chi connectivity index (χ4v) is 7.76. The lowest BCUT2D eigenvalue weighted by Crippen LogP contribution is -2.35. The van der Waals surface area contributed by atoms with Gasteiger partial charge in [-0.25, -0.2) is 0 Å². The molecule has 2 rings (SSSR count). The van der Waals surface area contributed by atoms with Crippen molar-refractivity contribution in [2.24, 2.45) is 29.6 Å². The molecular formula is C38H66O4. The molecule has 0 aromatic rings. The van der Waals surface area contributed by atoms with Gasteiger partial charge in [0.1, 0.15) is 0 Å². The zero-order valence-corrected chi connectivity index (χ0v) is 27.5. The Kier molecular flexibility index (Phi) is 20.0. The van der Waals surface area contributed by atoms with Crippen LogP contribution in [0.15, 0.2) is 23.8 Å². The van der Waals surface area contributed by atoms with Crippen LogP contribution >= 0.6 is 0 Å². The number of unbranched alkanes of at least 4 members (excludes halogenated alkanes) is 14. The Balaban J connectivity index is 2.04. The molecule has 0 saturated carbocycles. The molecule has 0 aromatic heterocycles. The van der Waals surface area contributed by atoms with E-state index in [0.29, 0.717) is 30.6 Å². The molecule has 2 aliphatic carbocycles. The van der Waals surface area contributed by atoms with Crippen LogP contribution in [0.2, 0.25) is 0 Å². The Morgan fingerprint density at radius 1 is 0.643 bits per heavy atom. The van der Waals surface area contributed by atoms with Gasteiger partial charge in [0.05, 0.1) is 0 Å². The van der Waals surface area contributed by atoms with E-state index >= 15 is 0 Å². The predicted molar refractivity (Wildman–Crippen MR) is 177 cm³/mol. The van der Waals surface area contributed by atoms with Crippen molar-refractivity contribution in [1.29, 1.82) is 0 Å². The predicted octanol–water partition coefficient (Wildman–Crippen LogP) is 11.5. The lowest BCUT2D eigenvalue weighted by atomic mass is 9.61. The van der Waals surface area contributed by atoms with E-state index in [-0.39, 0.29) is 0 Å². The average Bonchev–Trinajstić information content (AvgIpc) is 2.96. The van der Waals surface area contributed by atoms with Crippen molar-refractivity contribution in [3.05, 3.63) is 23.8 Å². The summed E-state index contributed by atoms with van der Waals surface area (Å²) in [7, 11) is 0. The third kappa shape index (κ3) is 15.2. The summed E-state index contributed by atoms with van der Waals surface area (Å²) in [5, 5.41) is 17.8. The topological polar surface area (TPSA) is 74.6 Å². The smallest absolute Gasteiger partial charge is 0.303 e. The lowest BCUT2D eigenvalue weighted by molar-refractivity contribution is -0.138. The second-order valence-electron chi connectivity index (χ2n) is 13.7. The molecular weight excluding hydrogens is 520 g/mol. The van der Waals surface area contributed by atoms with Gasteiger partial charge >= 0.3 is 11.9 Å². The maximum Gasteiger partial charge on any atom is 0.303 e. The Labute approximate surface area is 259 Å². The first-order chi connectivity index (χ1) is 20.5. The van der Waals surface area contributed by atoms with Crippen molar-refractivity contribution >= 4 is 11.9 Å². The van der Waals surface area contributed by atoms with Gasteiger partial charge in [-0.05, 0) is 81.0 Å². The highest BCUT2D eigenvalue weighted by molar-refractivity contribution is 5.66. The SMILES string of the molecule is CCCCCCC1=CC2C(C=CC(CCCCCCCC(=O)O)C2CCCCCCCC(=O)O)CC1CCCCCC. The van der Waals surface area contributed by atoms with Crippen LogP contribution in [0.25, 0.3) is 0 Å². The number of allylic oxidation sites excluding steroid dienone is 4. The van der Waals surface area contributed by atoms with Crippen LogP contribution in [0.5, 0.6) is 0 Å². The number of fused-ring (bicyclic) bond motifs is 1. The quantitative estimate of drug-likeness (QED) is 0.0781. The van der Waals surface area contributed by atoms with Gasteiger partial charge in [-0.15, -0.1) is 0 Å². The summed E-state index contributed by atoms with van der Waals surface area (Å²) in [4.78, 5) is 21.7. The first-order valence-corrected chi connectivity index (χ1v) is 18.3. The highest BCUT2D eigenvalue weighted by Crippen LogP contribution is 2.48. The number of carboxylic acids is 2. The summed E-state index contributed by atoms with van der Waals surface area (Å²) in [5.74, 6) is 2.23. The maximum atomic E-state index is 10.9. The Bertz CT molecular complexity index is 784. The minimum Gasteiger partial charge on any atom is -0.481 e. The van der Waals surface area contributed by atoms with Gasteiger partial charge in [-0.2, -0.15) is 0 Å². The monoisotopic (exact) mass is 586 g/mol. The normalized spacial score (nSPS) is 23.5. The minimum absolute atomic E-state index is 0.305. The van der Waals surface area contributed by atoms with Crippen molar-refractivity contribution in [3.63, 3.8) is 0 Å². The van der Waals surface area contributed by atoms with Gasteiger partial charge in [0.2, 0.25) is 0 Å². The third-order valence-corrected chi connectivity index (χ3v) is 10.2. The number of aliphatic carboxylic acids is 2. The summed E-state index contributed by atoms with van der Waals surface area (Å²) < 4.78 is 0. The van der Waals surface area contributed by atoms with Crippen molar-refractivity contribution in [1.82, 2.24) is 0 Å². The molecule has 242 valence electrons. The van der Waals surface area contributed by atoms with Gasteiger partial charge < -0.3 is 10.2 Å². The van der Waals surface area contributed by atoms with Gasteiger partial charge in [0.15, 0.2) is 0 Å². The molecule has 0 bridgehead atoms. The Morgan fingerprint density at radius 3 is 1.79 bits per heavy atom. The van der Waals surface area contributed by atoms with E-state index in [9.17, 15) is 9.59 Å². The van der Waals surface area contributed by atoms with E-state index in [1.807, 2.05) is 0 Å². The summed E-state index contributed by atoms with van der Waals surface area (Å²) in [6.45, 7) is 4.62. The molecule has 0 aliphatic heterocycles. The number of hydrogen-bond acceptors (Lipinski definition) is 2. The average molecular weight is 587 g/mol. The summed E-state index contributed by atoms with van der Waals surface area (Å²) in [6, 6.07) is 0. The molecule has 2 N–H and O–H groups in total. The van der Waals surface area contributed by atoms with E-state index in [0.717, 1.165) is 50.4 Å². The molecule has 0 amide bonds. The Hall–Kier alpha value is -1.58. The Morgan fingerprint density at radius 2 is 1.17 bits per heavy atom. The molecule has 0 saturated heterocycles. The van der Waals surface area contributed by atoms with Crippen LogP contribution in [-0.2, 0) is 9.59 Å². The second kappa shape index (κ2) is 22.9. The highest BCUT2D eigenvalue weighted by atomic mass is 16.4. The van der Waals surface area contributed by atoms with Gasteiger partial charge in [0.25, 0.3) is 0 Å². The molecule has 0 heterocycles. The molecule has 5 atom stereocenters. The molecule has 4 heteroatoms. The van der Waals surface area contributed by atoms with E-state index in [4.69, 9.17) is 10.2 Å². The standard InChI is InChI=1S/C38H66O4/c1-3-5-7-15-22-32-29-34-28-27-31(21-17-11-9-13-19-25-37(39)40)35(24-18-12-10-14-20-26-38(41)42)36(34)30-33(32)23-16-8-6-4-2/h27-28,30-32,34-36H,3-26,29H2,1-2H3,(H,39,40)(H,41,42). The van der Waals surface area contributed by atoms with Crippen molar-refractivity contribution in [2.75, 3.05) is 0 Å². The van der Waals surface area contributed by atoms with E-state index in [2.05, 4.69) is 32.1 Å². The maximum absolute atomic E-state index is 10.9. The molecule has 42 heavy (non-hydrogen) atoms. The van der Waals surface area contributed by atoms with Crippen LogP contribution in [0.4, 0.5) is 0 Å². The van der Waals surface area contributed by atoms with E-state index in [1.165, 1.54) is 109 Å². The lowest BCUT2D eigenvalue weighted by Gasteiger charge is -2.44. The highest BCUT2D eigenvalue weighted by Gasteiger charge is 2.38. The number of carbonyl (C=O) groups is 2. The zero-order chi connectivity index (χ0) is 30.4. The summed E-state index contributed by atoms with van der Waals surface area (Å²) in [5.41, 5.74) is 1.80. The molecule has 0 aromatic carbocycles. The zero-order valence-electron chi connectivity index (χ0n) is 27.5. The fourth-order valence-electron chi connectivity index (χ4n) is 7.76.